The molecule has 142 valence electrons. The van der Waals surface area contributed by atoms with Gasteiger partial charge in [0, 0.05) is 12.3 Å². The van der Waals surface area contributed by atoms with Gasteiger partial charge in [-0.2, -0.15) is 0 Å². The number of carbonyl (C=O) groups excluding carboxylic acids is 1. The molecule has 0 amide bonds. The van der Waals surface area contributed by atoms with Gasteiger partial charge in [-0.1, -0.05) is 13.8 Å². The number of aliphatic hydroxyl groups is 1. The number of fused-ring (bicyclic) bond motifs is 5. The van der Waals surface area contributed by atoms with Crippen LogP contribution in [0.3, 0.4) is 0 Å². The maximum atomic E-state index is 16.7. The van der Waals surface area contributed by atoms with Gasteiger partial charge >= 0.3 is 5.97 Å². The van der Waals surface area contributed by atoms with E-state index in [2.05, 4.69) is 13.8 Å². The molecule has 0 aromatic rings. The van der Waals surface area contributed by atoms with Crippen LogP contribution in [-0.2, 0) is 9.53 Å². The second-order valence-corrected chi connectivity index (χ2v) is 9.87. The third-order valence-electron chi connectivity index (χ3n) is 9.00. The van der Waals surface area contributed by atoms with Gasteiger partial charge < -0.3 is 9.84 Å². The summed E-state index contributed by atoms with van der Waals surface area (Å²) in [5, 5.41) is 10.5. The highest BCUT2D eigenvalue weighted by atomic mass is 19.1. The first-order chi connectivity index (χ1) is 11.7. The van der Waals surface area contributed by atoms with Crippen molar-refractivity contribution in [3.8, 4) is 0 Å². The van der Waals surface area contributed by atoms with Crippen LogP contribution in [0, 0.1) is 28.6 Å². The molecule has 4 rings (SSSR count). The number of hydrogen-bond acceptors (Lipinski definition) is 3. The van der Waals surface area contributed by atoms with E-state index in [-0.39, 0.29) is 34.9 Å². The monoisotopic (exact) mass is 352 g/mol. The number of alkyl halides is 1. The molecule has 0 aromatic carbocycles. The molecule has 3 unspecified atom stereocenters. The van der Waals surface area contributed by atoms with E-state index in [4.69, 9.17) is 4.74 Å². The first kappa shape index (κ1) is 17.8. The predicted octanol–water partition coefficient (Wildman–Crippen LogP) is 4.41. The Kier molecular flexibility index (Phi) is 4.03. The molecule has 1 N–H and O–H groups in total. The molecule has 3 nitrogen and oxygen atoms in total. The first-order valence-corrected chi connectivity index (χ1v) is 10.2. The molecule has 0 spiro atoms. The smallest absolute Gasteiger partial charge is 0.302 e. The molecule has 0 aromatic heterocycles. The van der Waals surface area contributed by atoms with Crippen molar-refractivity contribution in [1.29, 1.82) is 0 Å². The van der Waals surface area contributed by atoms with Gasteiger partial charge in [0.05, 0.1) is 6.10 Å². The van der Waals surface area contributed by atoms with E-state index in [0.29, 0.717) is 18.3 Å². The van der Waals surface area contributed by atoms with Crippen molar-refractivity contribution in [2.24, 2.45) is 28.6 Å². The topological polar surface area (TPSA) is 46.5 Å². The number of esters is 1. The molecule has 0 radical (unpaired) electrons. The Bertz CT molecular complexity index is 565. The molecule has 25 heavy (non-hydrogen) atoms. The molecule has 4 aliphatic rings. The zero-order valence-electron chi connectivity index (χ0n) is 15.9. The van der Waals surface area contributed by atoms with Gasteiger partial charge in [0.2, 0.25) is 0 Å². The molecular formula is C21H33FO3. The Morgan fingerprint density at radius 3 is 2.48 bits per heavy atom. The van der Waals surface area contributed by atoms with Crippen molar-refractivity contribution in [3.05, 3.63) is 0 Å². The molecule has 0 saturated heterocycles. The predicted molar refractivity (Wildman–Crippen MR) is 93.6 cm³/mol. The van der Waals surface area contributed by atoms with Gasteiger partial charge in [0.25, 0.3) is 0 Å². The summed E-state index contributed by atoms with van der Waals surface area (Å²) in [6.07, 6.45) is 7.31. The van der Waals surface area contributed by atoms with E-state index < -0.39 is 5.67 Å². The van der Waals surface area contributed by atoms with Gasteiger partial charge in [0.1, 0.15) is 11.8 Å². The number of carbonyl (C=O) groups is 1. The Labute approximate surface area is 150 Å². The lowest BCUT2D eigenvalue weighted by Crippen LogP contribution is -2.63. The summed E-state index contributed by atoms with van der Waals surface area (Å²) < 4.78 is 22.1. The average molecular weight is 352 g/mol. The van der Waals surface area contributed by atoms with Crippen molar-refractivity contribution in [3.63, 3.8) is 0 Å². The molecular weight excluding hydrogens is 319 g/mol. The lowest BCUT2D eigenvalue weighted by molar-refractivity contribution is -0.208. The highest BCUT2D eigenvalue weighted by Gasteiger charge is 2.68. The second-order valence-electron chi connectivity index (χ2n) is 9.87. The Hall–Kier alpha value is -0.640. The third-order valence-corrected chi connectivity index (χ3v) is 9.00. The van der Waals surface area contributed by atoms with E-state index in [0.717, 1.165) is 51.4 Å². The van der Waals surface area contributed by atoms with Gasteiger partial charge in [0.15, 0.2) is 0 Å². The fourth-order valence-electron chi connectivity index (χ4n) is 7.42. The molecule has 4 heteroatoms. The lowest BCUT2D eigenvalue weighted by Gasteiger charge is -2.63. The van der Waals surface area contributed by atoms with Crippen molar-refractivity contribution < 1.29 is 19.0 Å². The number of aliphatic hydroxyl groups excluding tert-OH is 1. The van der Waals surface area contributed by atoms with Crippen LogP contribution in [0.1, 0.15) is 78.6 Å². The number of ether oxygens (including phenoxy) is 1. The zero-order valence-corrected chi connectivity index (χ0v) is 15.9. The van der Waals surface area contributed by atoms with Crippen LogP contribution in [0.15, 0.2) is 0 Å². The minimum atomic E-state index is -1.12. The summed E-state index contributed by atoms with van der Waals surface area (Å²) in [5.74, 6) is 0.508. The zero-order chi connectivity index (χ0) is 18.0. The molecule has 0 heterocycles. The van der Waals surface area contributed by atoms with Gasteiger partial charge in [-0.25, -0.2) is 4.39 Å². The van der Waals surface area contributed by atoms with Crippen LogP contribution in [-0.4, -0.2) is 29.0 Å². The maximum Gasteiger partial charge on any atom is 0.302 e. The van der Waals surface area contributed by atoms with Gasteiger partial charge in [-0.05, 0) is 81.0 Å². The molecule has 4 saturated carbocycles. The summed E-state index contributed by atoms with van der Waals surface area (Å²) in [6, 6.07) is 0. The third kappa shape index (κ3) is 2.35. The van der Waals surface area contributed by atoms with Crippen molar-refractivity contribution in [2.45, 2.75) is 96.4 Å². The highest BCUT2D eigenvalue weighted by Crippen LogP contribution is 2.69. The minimum Gasteiger partial charge on any atom is -0.463 e. The van der Waals surface area contributed by atoms with E-state index in [1.807, 2.05) is 0 Å². The van der Waals surface area contributed by atoms with Crippen LogP contribution in [0.4, 0.5) is 4.39 Å². The number of hydrogen-bond donors (Lipinski definition) is 1. The van der Waals surface area contributed by atoms with E-state index in [9.17, 15) is 9.90 Å². The van der Waals surface area contributed by atoms with Gasteiger partial charge in [-0.15, -0.1) is 0 Å². The lowest BCUT2D eigenvalue weighted by atomic mass is 9.43. The summed E-state index contributed by atoms with van der Waals surface area (Å²) >= 11 is 0. The van der Waals surface area contributed by atoms with Crippen LogP contribution in [0.2, 0.25) is 0 Å². The number of halogens is 1. The minimum absolute atomic E-state index is 0.0297. The largest absolute Gasteiger partial charge is 0.463 e. The summed E-state index contributed by atoms with van der Waals surface area (Å²) in [7, 11) is 0. The Morgan fingerprint density at radius 1 is 1.04 bits per heavy atom. The van der Waals surface area contributed by atoms with Crippen molar-refractivity contribution in [2.75, 3.05) is 0 Å². The summed E-state index contributed by atoms with van der Waals surface area (Å²) in [6.45, 7) is 5.83. The Balaban J connectivity index is 1.60. The first-order valence-electron chi connectivity index (χ1n) is 10.2. The molecule has 0 aliphatic heterocycles. The molecule has 0 bridgehead atoms. The fraction of sp³-hybridized carbons (Fsp3) is 0.952. The van der Waals surface area contributed by atoms with Crippen LogP contribution >= 0.6 is 0 Å². The molecule has 4 aliphatic carbocycles. The standard InChI is InChI=1S/C21H33FO3/c1-13(23)25-15-8-9-20(3)14(12-15)4-5-17-16-6-7-18(24)19(16,2)10-11-21(17,20)22/h14-18,24H,4-12H2,1-3H3/t14?,15?,16-,17-,18?,19-,20-,21-/m0/s1. The van der Waals surface area contributed by atoms with Crippen LogP contribution in [0.25, 0.3) is 0 Å². The second kappa shape index (κ2) is 5.68. The van der Waals surface area contributed by atoms with Gasteiger partial charge in [-0.3, -0.25) is 4.79 Å². The summed E-state index contributed by atoms with van der Waals surface area (Å²) in [4.78, 5) is 11.3. The maximum absolute atomic E-state index is 16.7. The molecule has 8 atom stereocenters. The quantitative estimate of drug-likeness (QED) is 0.711. The normalized spacial score (nSPS) is 55.0. The highest BCUT2D eigenvalue weighted by molar-refractivity contribution is 5.66. The SMILES string of the molecule is CC(=O)OC1CC[C@@]2(C)C(CC[C@H]3[C@@H]4CCC(O)[C@@]4(C)CC[C@]32F)C1. The number of rotatable bonds is 1. The van der Waals surface area contributed by atoms with E-state index >= 15 is 4.39 Å². The van der Waals surface area contributed by atoms with Crippen molar-refractivity contribution >= 4 is 5.97 Å². The summed E-state index contributed by atoms with van der Waals surface area (Å²) in [5.41, 5.74) is -1.51. The Morgan fingerprint density at radius 2 is 1.76 bits per heavy atom. The van der Waals surface area contributed by atoms with E-state index in [1.165, 1.54) is 6.92 Å². The molecule has 4 fully saturated rings. The van der Waals surface area contributed by atoms with Crippen molar-refractivity contribution in [1.82, 2.24) is 0 Å². The van der Waals surface area contributed by atoms with Crippen LogP contribution in [0.5, 0.6) is 0 Å². The van der Waals surface area contributed by atoms with Crippen LogP contribution < -0.4 is 0 Å². The van der Waals surface area contributed by atoms with E-state index in [1.54, 1.807) is 0 Å². The fourth-order valence-corrected chi connectivity index (χ4v) is 7.42. The average Bonchev–Trinajstić information content (AvgIpc) is 2.84.